The van der Waals surface area contributed by atoms with Crippen LogP contribution in [0.2, 0.25) is 0 Å². The molecule has 8 nitrogen and oxygen atoms in total. The van der Waals surface area contributed by atoms with Gasteiger partial charge in [-0.05, 0) is 37.5 Å². The van der Waals surface area contributed by atoms with Crippen LogP contribution in [0.3, 0.4) is 0 Å². The molecular formula is C26H27FN6O2. The molecule has 0 saturated carbocycles. The third-order valence-electron chi connectivity index (χ3n) is 6.30. The maximum atomic E-state index is 14.1. The number of esters is 1. The Balaban J connectivity index is 1.54. The number of nitrogens with zero attached hydrogens (tertiary/aromatic N) is 5. The number of benzene rings is 2. The Labute approximate surface area is 202 Å². The van der Waals surface area contributed by atoms with Gasteiger partial charge in [0.25, 0.3) is 0 Å². The highest BCUT2D eigenvalue weighted by Gasteiger charge is 2.28. The summed E-state index contributed by atoms with van der Waals surface area (Å²) < 4.78 is 21.0. The highest BCUT2D eigenvalue weighted by Crippen LogP contribution is 2.33. The summed E-state index contributed by atoms with van der Waals surface area (Å²) in [5.74, 6) is 0.273. The van der Waals surface area contributed by atoms with E-state index >= 15 is 0 Å². The van der Waals surface area contributed by atoms with Crippen molar-refractivity contribution in [3.05, 3.63) is 66.0 Å². The molecule has 2 N–H and O–H groups in total. The molecule has 35 heavy (non-hydrogen) atoms. The van der Waals surface area contributed by atoms with Crippen molar-refractivity contribution < 1.29 is 13.9 Å². The molecule has 4 aromatic rings. The number of fused-ring (bicyclic) bond motifs is 1. The Morgan fingerprint density at radius 1 is 1.11 bits per heavy atom. The molecule has 1 fully saturated rings. The second-order valence-corrected chi connectivity index (χ2v) is 8.62. The zero-order chi connectivity index (χ0) is 24.4. The Bertz CT molecular complexity index is 1350. The number of rotatable bonds is 6. The first-order chi connectivity index (χ1) is 17.0. The van der Waals surface area contributed by atoms with Crippen LogP contribution < -0.4 is 10.6 Å². The zero-order valence-electron chi connectivity index (χ0n) is 19.5. The van der Waals surface area contributed by atoms with Gasteiger partial charge in [0.2, 0.25) is 5.95 Å². The predicted octanol–water partition coefficient (Wildman–Crippen LogP) is 4.04. The summed E-state index contributed by atoms with van der Waals surface area (Å²) >= 11 is 0. The number of nitrogens with two attached hydrogens (primary N) is 1. The van der Waals surface area contributed by atoms with Gasteiger partial charge in [0.15, 0.2) is 5.65 Å². The Kier molecular flexibility index (Phi) is 6.31. The number of anilines is 2. The van der Waals surface area contributed by atoms with E-state index in [0.29, 0.717) is 73.1 Å². The zero-order valence-corrected chi connectivity index (χ0v) is 19.5. The van der Waals surface area contributed by atoms with Crippen LogP contribution in [0.1, 0.15) is 25.3 Å². The SMILES string of the molecule is CCOC(=O)C1CCN(c2nc(-c3cccc(F)c3)c3c(N)n(Cc4ccccc4)nc3n2)CC1. The molecule has 0 unspecified atom stereocenters. The molecule has 0 aliphatic carbocycles. The van der Waals surface area contributed by atoms with Gasteiger partial charge in [0.1, 0.15) is 11.6 Å². The Hall–Kier alpha value is -4.01. The lowest BCUT2D eigenvalue weighted by atomic mass is 9.97. The smallest absolute Gasteiger partial charge is 0.309 e. The highest BCUT2D eigenvalue weighted by atomic mass is 19.1. The Morgan fingerprint density at radius 3 is 2.60 bits per heavy atom. The van der Waals surface area contributed by atoms with Gasteiger partial charge in [-0.25, -0.2) is 14.1 Å². The van der Waals surface area contributed by atoms with Crippen LogP contribution in [-0.2, 0) is 16.1 Å². The third-order valence-corrected chi connectivity index (χ3v) is 6.30. The molecule has 0 bridgehead atoms. The quantitative estimate of drug-likeness (QED) is 0.421. The summed E-state index contributed by atoms with van der Waals surface area (Å²) in [4.78, 5) is 23.7. The largest absolute Gasteiger partial charge is 0.466 e. The molecule has 0 amide bonds. The second kappa shape index (κ2) is 9.69. The van der Waals surface area contributed by atoms with E-state index in [9.17, 15) is 9.18 Å². The van der Waals surface area contributed by atoms with E-state index in [-0.39, 0.29) is 17.7 Å². The van der Waals surface area contributed by atoms with Crippen molar-refractivity contribution in [2.45, 2.75) is 26.3 Å². The van der Waals surface area contributed by atoms with Crippen LogP contribution in [0.4, 0.5) is 16.2 Å². The number of carbonyl (C=O) groups excluding carboxylic acids is 1. The standard InChI is InChI=1S/C26H27FN6O2/c1-2-35-25(34)18-11-13-32(14-12-18)26-29-22(19-9-6-10-20(27)15-19)21-23(28)33(31-24(21)30-26)16-17-7-4-3-5-8-17/h3-10,15,18H,2,11-14,16,28H2,1H3. The van der Waals surface area contributed by atoms with Gasteiger partial charge >= 0.3 is 5.97 Å². The van der Waals surface area contributed by atoms with E-state index in [4.69, 9.17) is 20.4 Å². The average molecular weight is 475 g/mol. The van der Waals surface area contributed by atoms with Crippen LogP contribution in [0.15, 0.2) is 54.6 Å². The number of hydrogen-bond acceptors (Lipinski definition) is 7. The van der Waals surface area contributed by atoms with E-state index in [1.165, 1.54) is 12.1 Å². The van der Waals surface area contributed by atoms with Gasteiger partial charge in [-0.2, -0.15) is 4.98 Å². The van der Waals surface area contributed by atoms with E-state index in [1.54, 1.807) is 16.8 Å². The minimum atomic E-state index is -0.360. The van der Waals surface area contributed by atoms with Crippen LogP contribution in [0.5, 0.6) is 0 Å². The minimum absolute atomic E-state index is 0.127. The van der Waals surface area contributed by atoms with Crippen LogP contribution in [0, 0.1) is 11.7 Å². The first-order valence-electron chi connectivity index (χ1n) is 11.8. The predicted molar refractivity (Wildman–Crippen MR) is 132 cm³/mol. The number of hydrogen-bond donors (Lipinski definition) is 1. The molecule has 0 spiro atoms. The lowest BCUT2D eigenvalue weighted by Crippen LogP contribution is -2.38. The van der Waals surface area contributed by atoms with E-state index in [1.807, 2.05) is 42.2 Å². The minimum Gasteiger partial charge on any atom is -0.466 e. The molecule has 5 rings (SSSR count). The summed E-state index contributed by atoms with van der Waals surface area (Å²) in [6, 6.07) is 16.2. The highest BCUT2D eigenvalue weighted by molar-refractivity contribution is 5.99. The molecule has 0 radical (unpaired) electrons. The van der Waals surface area contributed by atoms with E-state index in [0.717, 1.165) is 5.56 Å². The fourth-order valence-electron chi connectivity index (χ4n) is 4.48. The van der Waals surface area contributed by atoms with Gasteiger partial charge in [-0.3, -0.25) is 4.79 Å². The van der Waals surface area contributed by atoms with Crippen molar-refractivity contribution in [1.82, 2.24) is 19.7 Å². The molecule has 1 aliphatic heterocycles. The lowest BCUT2D eigenvalue weighted by Gasteiger charge is -2.31. The number of nitrogen functional groups attached to an aromatic ring is 1. The molecule has 2 aromatic carbocycles. The van der Waals surface area contributed by atoms with E-state index < -0.39 is 0 Å². The number of piperidine rings is 1. The van der Waals surface area contributed by atoms with Crippen LogP contribution >= 0.6 is 0 Å². The second-order valence-electron chi connectivity index (χ2n) is 8.62. The molecule has 1 saturated heterocycles. The van der Waals surface area contributed by atoms with Crippen molar-refractivity contribution in [1.29, 1.82) is 0 Å². The van der Waals surface area contributed by atoms with Crippen molar-refractivity contribution in [3.8, 4) is 11.3 Å². The lowest BCUT2D eigenvalue weighted by molar-refractivity contribution is -0.148. The van der Waals surface area contributed by atoms with Crippen LogP contribution in [0.25, 0.3) is 22.3 Å². The molecule has 3 heterocycles. The fourth-order valence-corrected chi connectivity index (χ4v) is 4.48. The molecule has 2 aromatic heterocycles. The maximum Gasteiger partial charge on any atom is 0.309 e. The van der Waals surface area contributed by atoms with Gasteiger partial charge in [0.05, 0.1) is 30.1 Å². The first-order valence-corrected chi connectivity index (χ1v) is 11.8. The topological polar surface area (TPSA) is 99.2 Å². The maximum absolute atomic E-state index is 14.1. The Morgan fingerprint density at radius 2 is 1.89 bits per heavy atom. The first kappa shape index (κ1) is 22.8. The fraction of sp³-hybridized carbons (Fsp3) is 0.308. The number of ether oxygens (including phenoxy) is 1. The van der Waals surface area contributed by atoms with Crippen LogP contribution in [-0.4, -0.2) is 45.4 Å². The number of carbonyl (C=O) groups is 1. The average Bonchev–Trinajstić information content (AvgIpc) is 3.19. The molecule has 0 atom stereocenters. The van der Waals surface area contributed by atoms with Gasteiger partial charge < -0.3 is 15.4 Å². The summed E-state index contributed by atoms with van der Waals surface area (Å²) in [7, 11) is 0. The van der Waals surface area contributed by atoms with Crippen molar-refractivity contribution in [2.75, 3.05) is 30.3 Å². The summed E-state index contributed by atoms with van der Waals surface area (Å²) in [6.07, 6.45) is 1.31. The monoisotopic (exact) mass is 474 g/mol. The number of halogens is 1. The van der Waals surface area contributed by atoms with Gasteiger partial charge in [0, 0.05) is 18.7 Å². The molecular weight excluding hydrogens is 447 g/mol. The molecule has 9 heteroatoms. The number of aromatic nitrogens is 4. The van der Waals surface area contributed by atoms with Gasteiger partial charge in [-0.15, -0.1) is 5.10 Å². The van der Waals surface area contributed by atoms with Crippen molar-refractivity contribution >= 4 is 28.8 Å². The molecule has 1 aliphatic rings. The summed E-state index contributed by atoms with van der Waals surface area (Å²) in [6.45, 7) is 3.89. The third kappa shape index (κ3) is 4.66. The van der Waals surface area contributed by atoms with E-state index in [2.05, 4.69) is 5.10 Å². The normalized spacial score (nSPS) is 14.4. The molecule has 180 valence electrons. The summed E-state index contributed by atoms with van der Waals surface area (Å²) in [5.41, 5.74) is 9.18. The van der Waals surface area contributed by atoms with Crippen molar-refractivity contribution in [2.24, 2.45) is 5.92 Å². The van der Waals surface area contributed by atoms with Crippen molar-refractivity contribution in [3.63, 3.8) is 0 Å². The van der Waals surface area contributed by atoms with Gasteiger partial charge in [-0.1, -0.05) is 42.5 Å². The summed E-state index contributed by atoms with van der Waals surface area (Å²) in [5, 5.41) is 5.28.